The van der Waals surface area contributed by atoms with Crippen LogP contribution in [0.25, 0.3) is 0 Å². The molecule has 1 saturated heterocycles. The van der Waals surface area contributed by atoms with Crippen LogP contribution >= 0.6 is 0 Å². The van der Waals surface area contributed by atoms with Crippen LogP contribution in [-0.2, 0) is 24.0 Å². The molecule has 0 radical (unpaired) electrons. The monoisotopic (exact) mass is 571 g/mol. The second-order valence-electron chi connectivity index (χ2n) is 11.7. The Kier molecular flexibility index (Phi) is 10.9. The summed E-state index contributed by atoms with van der Waals surface area (Å²) >= 11 is 0. The Morgan fingerprint density at radius 1 is 1.02 bits per heavy atom. The van der Waals surface area contributed by atoms with Gasteiger partial charge in [0, 0.05) is 25.0 Å². The van der Waals surface area contributed by atoms with Crippen LogP contribution in [0, 0.1) is 11.3 Å². The smallest absolute Gasteiger partial charge is 0.289 e. The van der Waals surface area contributed by atoms with E-state index in [1.54, 1.807) is 20.8 Å². The first-order valence-electron chi connectivity index (χ1n) is 14.2. The molecule has 4 N–H and O–H groups in total. The van der Waals surface area contributed by atoms with Crippen molar-refractivity contribution < 1.29 is 28.8 Å². The molecule has 0 bridgehead atoms. The van der Waals surface area contributed by atoms with Gasteiger partial charge in [0.15, 0.2) is 0 Å². The minimum Gasteiger partial charge on any atom is -0.347 e. The summed E-state index contributed by atoms with van der Waals surface area (Å²) in [6.07, 6.45) is 8.82. The highest BCUT2D eigenvalue weighted by Gasteiger charge is 2.46. The first kappa shape index (κ1) is 31.6. The number of hydrogen-bond acceptors (Lipinski definition) is 8. The maximum atomic E-state index is 13.9. The molecule has 3 atom stereocenters. The lowest BCUT2D eigenvalue weighted by Crippen LogP contribution is -2.59. The van der Waals surface area contributed by atoms with Crippen molar-refractivity contribution in [3.05, 3.63) is 24.3 Å². The highest BCUT2D eigenvalue weighted by atomic mass is 16.2. The van der Waals surface area contributed by atoms with Gasteiger partial charge in [0.2, 0.25) is 23.5 Å². The molecular weight excluding hydrogens is 530 g/mol. The second-order valence-corrected chi connectivity index (χ2v) is 11.7. The van der Waals surface area contributed by atoms with Crippen molar-refractivity contribution in [2.75, 3.05) is 19.6 Å². The summed E-state index contributed by atoms with van der Waals surface area (Å²) < 4.78 is 0. The van der Waals surface area contributed by atoms with Gasteiger partial charge in [-0.15, -0.1) is 0 Å². The first-order valence-corrected chi connectivity index (χ1v) is 14.2. The third-order valence-electron chi connectivity index (χ3n) is 7.22. The van der Waals surface area contributed by atoms with Gasteiger partial charge in [-0.3, -0.25) is 33.8 Å². The van der Waals surface area contributed by atoms with Crippen LogP contribution in [0.4, 0.5) is 0 Å². The molecule has 2 unspecified atom stereocenters. The third-order valence-corrected chi connectivity index (χ3v) is 7.22. The SMILES string of the molecule is CCCC[C@H]1CCN(C(=O)C(NC(=O)CNC(=O)c2cnccn2)C(C)(C)C)C1C(=O)NCC(=O)C(=O)NC1CC1. The van der Waals surface area contributed by atoms with E-state index in [9.17, 15) is 28.8 Å². The number of Topliss-reactive ketones (excluding diaryl/α,β-unsaturated/α-hetero) is 1. The van der Waals surface area contributed by atoms with E-state index in [-0.39, 0.29) is 24.2 Å². The van der Waals surface area contributed by atoms with Gasteiger partial charge >= 0.3 is 0 Å². The lowest BCUT2D eigenvalue weighted by molar-refractivity contribution is -0.145. The molecule has 2 heterocycles. The summed E-state index contributed by atoms with van der Waals surface area (Å²) in [6, 6.07) is -1.81. The highest BCUT2D eigenvalue weighted by Crippen LogP contribution is 2.32. The molecule has 0 aromatic carbocycles. The van der Waals surface area contributed by atoms with Crippen molar-refractivity contribution in [3.8, 4) is 0 Å². The number of rotatable bonds is 13. The normalized spacial score (nSPS) is 19.2. The number of amides is 5. The van der Waals surface area contributed by atoms with Gasteiger partial charge in [-0.25, -0.2) is 4.98 Å². The largest absolute Gasteiger partial charge is 0.347 e. The molecule has 13 nitrogen and oxygen atoms in total. The zero-order chi connectivity index (χ0) is 30.2. The Hall–Kier alpha value is -3.90. The molecular formula is C28H41N7O6. The van der Waals surface area contributed by atoms with Gasteiger partial charge in [-0.2, -0.15) is 0 Å². The number of likely N-dealkylation sites (tertiary alicyclic amines) is 1. The van der Waals surface area contributed by atoms with E-state index < -0.39 is 59.4 Å². The van der Waals surface area contributed by atoms with Crippen molar-refractivity contribution in [1.29, 1.82) is 0 Å². The molecule has 0 spiro atoms. The van der Waals surface area contributed by atoms with Crippen LogP contribution in [0.1, 0.15) is 76.7 Å². The van der Waals surface area contributed by atoms with Gasteiger partial charge < -0.3 is 26.2 Å². The molecule has 41 heavy (non-hydrogen) atoms. The van der Waals surface area contributed by atoms with Crippen LogP contribution in [-0.4, -0.2) is 87.9 Å². The van der Waals surface area contributed by atoms with Gasteiger partial charge in [-0.05, 0) is 37.0 Å². The van der Waals surface area contributed by atoms with Crippen molar-refractivity contribution in [2.24, 2.45) is 11.3 Å². The Morgan fingerprint density at radius 3 is 2.37 bits per heavy atom. The number of carbonyl (C=O) groups is 6. The molecule has 1 aliphatic carbocycles. The molecule has 2 fully saturated rings. The number of unbranched alkanes of at least 4 members (excludes halogenated alkanes) is 1. The minimum absolute atomic E-state index is 0.0217. The van der Waals surface area contributed by atoms with E-state index in [0.29, 0.717) is 13.0 Å². The molecule has 3 rings (SSSR count). The minimum atomic E-state index is -0.991. The molecule has 13 heteroatoms. The fourth-order valence-corrected chi connectivity index (χ4v) is 4.77. The predicted octanol–water partition coefficient (Wildman–Crippen LogP) is 0.109. The quantitative estimate of drug-likeness (QED) is 0.241. The Balaban J connectivity index is 1.68. The van der Waals surface area contributed by atoms with Gasteiger partial charge in [0.25, 0.3) is 11.8 Å². The lowest BCUT2D eigenvalue weighted by atomic mass is 9.85. The third kappa shape index (κ3) is 9.05. The number of hydrogen-bond donors (Lipinski definition) is 4. The summed E-state index contributed by atoms with van der Waals surface area (Å²) in [5.41, 5.74) is -0.669. The van der Waals surface area contributed by atoms with Crippen molar-refractivity contribution in [1.82, 2.24) is 36.1 Å². The van der Waals surface area contributed by atoms with E-state index in [0.717, 1.165) is 32.1 Å². The molecule has 5 amide bonds. The predicted molar refractivity (Wildman–Crippen MR) is 148 cm³/mol. The van der Waals surface area contributed by atoms with E-state index in [1.165, 1.54) is 23.5 Å². The molecule has 1 aliphatic heterocycles. The van der Waals surface area contributed by atoms with Crippen molar-refractivity contribution in [3.63, 3.8) is 0 Å². The number of ketones is 1. The number of aromatic nitrogens is 2. The van der Waals surface area contributed by atoms with Gasteiger partial charge in [0.1, 0.15) is 17.8 Å². The van der Waals surface area contributed by atoms with Crippen LogP contribution in [0.15, 0.2) is 18.6 Å². The molecule has 224 valence electrons. The standard InChI is InChI=1S/C28H41N7O6/c1-5-6-7-17-10-13-35(22(17)26(40)31-15-20(36)25(39)33-18-8-9-18)27(41)23(28(2,3)4)34-21(37)16-32-24(38)19-14-29-11-12-30-19/h11-12,14,17-18,22-23H,5-10,13,15-16H2,1-4H3,(H,31,40)(H,32,38)(H,33,39)(H,34,37)/t17-,22?,23?/m0/s1. The molecule has 1 aromatic heterocycles. The number of carbonyl (C=O) groups excluding carboxylic acids is 6. The maximum absolute atomic E-state index is 13.9. The highest BCUT2D eigenvalue weighted by molar-refractivity contribution is 6.37. The van der Waals surface area contributed by atoms with Crippen LogP contribution in [0.2, 0.25) is 0 Å². The second kappa shape index (κ2) is 14.1. The van der Waals surface area contributed by atoms with Crippen molar-refractivity contribution >= 4 is 35.3 Å². The van der Waals surface area contributed by atoms with Crippen molar-refractivity contribution in [2.45, 2.75) is 84.3 Å². The van der Waals surface area contributed by atoms with E-state index in [1.807, 2.05) is 6.92 Å². The molecule has 2 aliphatic rings. The average Bonchev–Trinajstić information content (AvgIpc) is 3.66. The fraction of sp³-hybridized carbons (Fsp3) is 0.643. The van der Waals surface area contributed by atoms with E-state index in [4.69, 9.17) is 0 Å². The van der Waals surface area contributed by atoms with E-state index in [2.05, 4.69) is 31.2 Å². The molecule has 1 aromatic rings. The Labute approximate surface area is 240 Å². The summed E-state index contributed by atoms with van der Waals surface area (Å²) in [7, 11) is 0. The zero-order valence-corrected chi connectivity index (χ0v) is 24.2. The Morgan fingerprint density at radius 2 is 1.76 bits per heavy atom. The lowest BCUT2D eigenvalue weighted by Gasteiger charge is -2.36. The Bertz CT molecular complexity index is 1130. The van der Waals surface area contributed by atoms with E-state index >= 15 is 0 Å². The summed E-state index contributed by atoms with van der Waals surface area (Å²) in [4.78, 5) is 85.8. The van der Waals surface area contributed by atoms with Crippen LogP contribution < -0.4 is 21.3 Å². The average molecular weight is 572 g/mol. The summed E-state index contributed by atoms with van der Waals surface area (Å²) in [5.74, 6) is -3.68. The number of nitrogens with one attached hydrogen (secondary N) is 4. The zero-order valence-electron chi connectivity index (χ0n) is 24.2. The van der Waals surface area contributed by atoms with Crippen LogP contribution in [0.3, 0.4) is 0 Å². The van der Waals surface area contributed by atoms with Gasteiger partial charge in [-0.1, -0.05) is 40.5 Å². The maximum Gasteiger partial charge on any atom is 0.289 e. The van der Waals surface area contributed by atoms with Gasteiger partial charge in [0.05, 0.1) is 19.3 Å². The summed E-state index contributed by atoms with van der Waals surface area (Å²) in [5, 5.41) is 10.4. The summed E-state index contributed by atoms with van der Waals surface area (Å²) in [6.45, 7) is 6.90. The van der Waals surface area contributed by atoms with Crippen LogP contribution in [0.5, 0.6) is 0 Å². The fourth-order valence-electron chi connectivity index (χ4n) is 4.77. The first-order chi connectivity index (χ1) is 19.4. The topological polar surface area (TPSA) is 180 Å². The molecule has 1 saturated carbocycles. The number of nitrogens with zero attached hydrogens (tertiary/aromatic N) is 3.